The molecule has 3 aliphatic rings. The number of ether oxygens (including phenoxy) is 1. The molecule has 4 rings (SSSR count). The van der Waals surface area contributed by atoms with Crippen LogP contribution in [0.3, 0.4) is 0 Å². The first kappa shape index (κ1) is 28.3. The van der Waals surface area contributed by atoms with Crippen LogP contribution in [-0.2, 0) is 25.7 Å². The van der Waals surface area contributed by atoms with Gasteiger partial charge < -0.3 is 19.8 Å². The van der Waals surface area contributed by atoms with E-state index in [0.29, 0.717) is 6.54 Å². The van der Waals surface area contributed by atoms with Crippen molar-refractivity contribution < 1.29 is 55.7 Å². The van der Waals surface area contributed by atoms with Gasteiger partial charge >= 0.3 is 24.3 Å². The average Bonchev–Trinajstić information content (AvgIpc) is 3.47. The van der Waals surface area contributed by atoms with Crippen molar-refractivity contribution in [3.8, 4) is 0 Å². The number of amides is 1. The molecule has 2 atom stereocenters. The molecule has 1 saturated carbocycles. The third-order valence-electron chi connectivity index (χ3n) is 5.25. The van der Waals surface area contributed by atoms with Crippen LogP contribution in [0.5, 0.6) is 0 Å². The lowest BCUT2D eigenvalue weighted by atomic mass is 10.1. The quantitative estimate of drug-likeness (QED) is 0.586. The number of morpholine rings is 1. The molecule has 1 aromatic rings. The largest absolute Gasteiger partial charge is 0.490 e. The number of aromatic nitrogens is 1. The van der Waals surface area contributed by atoms with Crippen molar-refractivity contribution in [1.29, 1.82) is 0 Å². The summed E-state index contributed by atoms with van der Waals surface area (Å²) in [6.45, 7) is 4.00. The lowest BCUT2D eigenvalue weighted by Crippen LogP contribution is -2.53. The van der Waals surface area contributed by atoms with E-state index in [4.69, 9.17) is 24.5 Å². The van der Waals surface area contributed by atoms with Gasteiger partial charge in [0.1, 0.15) is 6.61 Å². The first-order valence-corrected chi connectivity index (χ1v) is 10.3. The van der Waals surface area contributed by atoms with Crippen molar-refractivity contribution in [3.63, 3.8) is 0 Å². The van der Waals surface area contributed by atoms with Gasteiger partial charge in [-0.3, -0.25) is 14.7 Å². The number of rotatable bonds is 4. The maximum atomic E-state index is 12.2. The Hall–Kier alpha value is -2.94. The number of aliphatic carboxylic acids is 2. The molecule has 2 saturated heterocycles. The highest BCUT2D eigenvalue weighted by atomic mass is 19.4. The fourth-order valence-electron chi connectivity index (χ4n) is 3.45. The molecule has 3 fully saturated rings. The normalized spacial score (nSPS) is 22.3. The summed E-state index contributed by atoms with van der Waals surface area (Å²) in [6.07, 6.45) is -3.68. The minimum atomic E-state index is -5.08. The third kappa shape index (κ3) is 9.32. The predicted octanol–water partition coefficient (Wildman–Crippen LogP) is 2.17. The van der Waals surface area contributed by atoms with E-state index in [2.05, 4.69) is 9.88 Å². The fourth-order valence-corrected chi connectivity index (χ4v) is 3.45. The van der Waals surface area contributed by atoms with Gasteiger partial charge in [0.15, 0.2) is 0 Å². The van der Waals surface area contributed by atoms with Crippen LogP contribution in [0, 0.1) is 5.92 Å². The van der Waals surface area contributed by atoms with Crippen LogP contribution in [-0.4, -0.2) is 93.6 Å². The maximum Gasteiger partial charge on any atom is 0.490 e. The number of alkyl halides is 6. The van der Waals surface area contributed by atoms with Gasteiger partial charge in [-0.05, 0) is 36.5 Å². The molecule has 0 unspecified atom stereocenters. The van der Waals surface area contributed by atoms with Crippen molar-refractivity contribution in [2.45, 2.75) is 43.9 Å². The molecule has 9 nitrogen and oxygen atoms in total. The van der Waals surface area contributed by atoms with Crippen LogP contribution in [0.4, 0.5) is 26.3 Å². The number of likely N-dealkylation sites (tertiary alicyclic amines) is 1. The first-order valence-electron chi connectivity index (χ1n) is 10.3. The van der Waals surface area contributed by atoms with Gasteiger partial charge in [-0.15, -0.1) is 0 Å². The van der Waals surface area contributed by atoms with E-state index in [9.17, 15) is 31.1 Å². The van der Waals surface area contributed by atoms with Gasteiger partial charge in [0.25, 0.3) is 0 Å². The van der Waals surface area contributed by atoms with Crippen LogP contribution >= 0.6 is 0 Å². The molecule has 0 bridgehead atoms. The Balaban J connectivity index is 0.000000257. The summed E-state index contributed by atoms with van der Waals surface area (Å²) < 4.78 is 69.2. The zero-order chi connectivity index (χ0) is 26.4. The molecule has 1 aromatic heterocycles. The fraction of sp³-hybridized carbons (Fsp3) is 0.600. The summed E-state index contributed by atoms with van der Waals surface area (Å²) in [5, 5.41) is 14.2. The lowest BCUT2D eigenvalue weighted by Gasteiger charge is -2.36. The van der Waals surface area contributed by atoms with E-state index in [1.165, 1.54) is 19.4 Å². The first-order chi connectivity index (χ1) is 16.2. The summed E-state index contributed by atoms with van der Waals surface area (Å²) in [4.78, 5) is 38.6. The molecule has 2 N–H and O–H groups in total. The predicted molar refractivity (Wildman–Crippen MR) is 105 cm³/mol. The Morgan fingerprint density at radius 3 is 1.97 bits per heavy atom. The second-order valence-electron chi connectivity index (χ2n) is 8.06. The third-order valence-corrected chi connectivity index (χ3v) is 5.25. The molecule has 35 heavy (non-hydrogen) atoms. The molecule has 3 heterocycles. The van der Waals surface area contributed by atoms with Crippen molar-refractivity contribution in [3.05, 3.63) is 30.1 Å². The number of halogens is 6. The highest BCUT2D eigenvalue weighted by Gasteiger charge is 2.44. The minimum Gasteiger partial charge on any atom is -0.475 e. The summed E-state index contributed by atoms with van der Waals surface area (Å²) in [5.41, 5.74) is 1.14. The summed E-state index contributed by atoms with van der Waals surface area (Å²) >= 11 is 0. The maximum absolute atomic E-state index is 12.2. The molecular formula is C20H23F6N3O6. The Morgan fingerprint density at radius 1 is 1.00 bits per heavy atom. The number of carbonyl (C=O) groups is 3. The number of hydrogen-bond donors (Lipinski definition) is 2. The van der Waals surface area contributed by atoms with Crippen molar-refractivity contribution in [2.75, 3.05) is 26.2 Å². The van der Waals surface area contributed by atoms with E-state index in [1.807, 2.05) is 17.0 Å². The number of carboxylic acid groups (broad SMARTS) is 2. The molecule has 15 heteroatoms. The average molecular weight is 515 g/mol. The van der Waals surface area contributed by atoms with Crippen molar-refractivity contribution in [1.82, 2.24) is 14.8 Å². The second kappa shape index (κ2) is 11.7. The summed E-state index contributed by atoms with van der Waals surface area (Å²) in [5.74, 6) is -4.52. The highest BCUT2D eigenvalue weighted by molar-refractivity contribution is 5.78. The van der Waals surface area contributed by atoms with Crippen LogP contribution in [0.1, 0.15) is 18.4 Å². The van der Waals surface area contributed by atoms with E-state index in [0.717, 1.165) is 24.6 Å². The molecule has 1 aliphatic carbocycles. The van der Waals surface area contributed by atoms with E-state index in [1.54, 1.807) is 12.4 Å². The Labute approximate surface area is 195 Å². The number of hydrogen-bond acceptors (Lipinski definition) is 6. The van der Waals surface area contributed by atoms with Crippen LogP contribution < -0.4 is 0 Å². The molecule has 0 aromatic carbocycles. The summed E-state index contributed by atoms with van der Waals surface area (Å²) in [6, 6.07) is 4.17. The topological polar surface area (TPSA) is 120 Å². The van der Waals surface area contributed by atoms with Crippen LogP contribution in [0.15, 0.2) is 24.5 Å². The number of fused-ring (bicyclic) bond motifs is 1. The Bertz CT molecular complexity index is 854. The van der Waals surface area contributed by atoms with Gasteiger partial charge in [-0.25, -0.2) is 9.59 Å². The molecular weight excluding hydrogens is 492 g/mol. The zero-order valence-corrected chi connectivity index (χ0v) is 18.1. The van der Waals surface area contributed by atoms with Crippen molar-refractivity contribution in [2.24, 2.45) is 5.92 Å². The minimum absolute atomic E-state index is 0.112. The molecule has 1 amide bonds. The molecule has 196 valence electrons. The zero-order valence-electron chi connectivity index (χ0n) is 18.1. The van der Waals surface area contributed by atoms with Gasteiger partial charge in [0.2, 0.25) is 5.91 Å². The lowest BCUT2D eigenvalue weighted by molar-refractivity contribution is -0.193. The van der Waals surface area contributed by atoms with Gasteiger partial charge in [0.05, 0.1) is 12.1 Å². The smallest absolute Gasteiger partial charge is 0.475 e. The van der Waals surface area contributed by atoms with E-state index < -0.39 is 24.3 Å². The molecule has 0 spiro atoms. The Morgan fingerprint density at radius 2 is 1.51 bits per heavy atom. The van der Waals surface area contributed by atoms with Crippen LogP contribution in [0.25, 0.3) is 0 Å². The second-order valence-corrected chi connectivity index (χ2v) is 8.06. The number of nitrogens with zero attached hydrogens (tertiary/aromatic N) is 3. The number of carbonyl (C=O) groups excluding carboxylic acids is 1. The number of pyridine rings is 1. The standard InChI is InChI=1S/C16H21N3O2.2C2HF3O2/c20-16-11-21-15-10-18(7-12-1-2-12)9-14(15)19(16)8-13-3-5-17-6-4-13;2*3-2(4,5)1(6)7/h3-6,12,14-15H,1-2,7-11H2;2*(H,6,7)/t14-,15-;;/m1../s1. The van der Waals surface area contributed by atoms with Crippen LogP contribution in [0.2, 0.25) is 0 Å². The highest BCUT2D eigenvalue weighted by Crippen LogP contribution is 2.33. The SMILES string of the molecule is O=C(O)C(F)(F)F.O=C(O)C(F)(F)F.O=C1CO[C@@H]2CN(CC3CC3)C[C@H]2N1Cc1ccncc1. The van der Waals surface area contributed by atoms with Crippen molar-refractivity contribution >= 4 is 17.8 Å². The monoisotopic (exact) mass is 515 g/mol. The summed E-state index contributed by atoms with van der Waals surface area (Å²) in [7, 11) is 0. The van der Waals surface area contributed by atoms with Gasteiger partial charge in [-0.2, -0.15) is 26.3 Å². The van der Waals surface area contributed by atoms with Gasteiger partial charge in [-0.1, -0.05) is 0 Å². The van der Waals surface area contributed by atoms with E-state index in [-0.39, 0.29) is 24.7 Å². The molecule has 2 aliphatic heterocycles. The number of carboxylic acids is 2. The van der Waals surface area contributed by atoms with E-state index >= 15 is 0 Å². The molecule has 0 radical (unpaired) electrons. The Kier molecular flexibility index (Phi) is 9.43. The van der Waals surface area contributed by atoms with Gasteiger partial charge in [0, 0.05) is 38.6 Å².